The lowest BCUT2D eigenvalue weighted by Gasteiger charge is -2.11. The molecule has 0 saturated carbocycles. The standard InChI is InChI=1S/C12H12F3NO2/c1-2-4-10(16)11(17)8-5-3-6-9(7-8)18-12(13,14)15/h2-3,5-7,10H,1,4,16H2. The third-order valence-electron chi connectivity index (χ3n) is 2.11. The molecule has 0 radical (unpaired) electrons. The molecule has 0 heterocycles. The minimum atomic E-state index is -4.79. The van der Waals surface area contributed by atoms with E-state index in [1.807, 2.05) is 0 Å². The molecule has 18 heavy (non-hydrogen) atoms. The Kier molecular flexibility index (Phi) is 4.49. The number of halogens is 3. The molecule has 0 bridgehead atoms. The Balaban J connectivity index is 2.88. The van der Waals surface area contributed by atoms with Gasteiger partial charge in [-0.2, -0.15) is 0 Å². The van der Waals surface area contributed by atoms with E-state index in [1.54, 1.807) is 0 Å². The highest BCUT2D eigenvalue weighted by atomic mass is 19.4. The maximum absolute atomic E-state index is 12.0. The summed E-state index contributed by atoms with van der Waals surface area (Å²) in [5.41, 5.74) is 5.63. The number of hydrogen-bond acceptors (Lipinski definition) is 3. The van der Waals surface area contributed by atoms with Crippen molar-refractivity contribution >= 4 is 5.78 Å². The Morgan fingerprint density at radius 3 is 2.72 bits per heavy atom. The van der Waals surface area contributed by atoms with Crippen molar-refractivity contribution in [2.75, 3.05) is 0 Å². The van der Waals surface area contributed by atoms with Crippen molar-refractivity contribution in [3.63, 3.8) is 0 Å². The van der Waals surface area contributed by atoms with Crippen molar-refractivity contribution < 1.29 is 22.7 Å². The van der Waals surface area contributed by atoms with Crippen LogP contribution in [0.2, 0.25) is 0 Å². The van der Waals surface area contributed by atoms with Crippen molar-refractivity contribution in [1.29, 1.82) is 0 Å². The number of rotatable bonds is 5. The van der Waals surface area contributed by atoms with Crippen LogP contribution in [-0.4, -0.2) is 18.2 Å². The summed E-state index contributed by atoms with van der Waals surface area (Å²) in [5, 5.41) is 0. The first kappa shape index (κ1) is 14.2. The molecule has 1 aromatic carbocycles. The Bertz CT molecular complexity index is 443. The third-order valence-corrected chi connectivity index (χ3v) is 2.11. The zero-order valence-corrected chi connectivity index (χ0v) is 9.41. The van der Waals surface area contributed by atoms with E-state index in [-0.39, 0.29) is 12.0 Å². The van der Waals surface area contributed by atoms with Crippen LogP contribution in [0.3, 0.4) is 0 Å². The first-order valence-corrected chi connectivity index (χ1v) is 5.10. The highest BCUT2D eigenvalue weighted by Gasteiger charge is 2.31. The maximum Gasteiger partial charge on any atom is 0.573 e. The zero-order chi connectivity index (χ0) is 13.8. The van der Waals surface area contributed by atoms with Crippen LogP contribution in [0.5, 0.6) is 5.75 Å². The van der Waals surface area contributed by atoms with Gasteiger partial charge in [-0.15, -0.1) is 19.8 Å². The second-order valence-electron chi connectivity index (χ2n) is 3.57. The fraction of sp³-hybridized carbons (Fsp3) is 0.250. The predicted molar refractivity (Wildman–Crippen MR) is 60.2 cm³/mol. The average Bonchev–Trinajstić information content (AvgIpc) is 2.26. The summed E-state index contributed by atoms with van der Waals surface area (Å²) in [4.78, 5) is 11.7. The monoisotopic (exact) mass is 259 g/mol. The topological polar surface area (TPSA) is 52.3 Å². The molecule has 1 atom stereocenters. The van der Waals surface area contributed by atoms with Gasteiger partial charge in [-0.25, -0.2) is 0 Å². The molecule has 3 nitrogen and oxygen atoms in total. The molecule has 98 valence electrons. The molecule has 6 heteroatoms. The van der Waals surface area contributed by atoms with Crippen LogP contribution in [0.4, 0.5) is 13.2 Å². The van der Waals surface area contributed by atoms with Gasteiger partial charge in [-0.1, -0.05) is 18.2 Å². The molecule has 0 aliphatic carbocycles. The summed E-state index contributed by atoms with van der Waals surface area (Å²) in [5.74, 6) is -0.901. The Labute approximate surface area is 102 Å². The Morgan fingerprint density at radius 1 is 1.50 bits per heavy atom. The summed E-state index contributed by atoms with van der Waals surface area (Å²) in [6, 6.07) is 3.99. The van der Waals surface area contributed by atoms with Gasteiger partial charge in [0.15, 0.2) is 5.78 Å². The molecule has 0 fully saturated rings. The zero-order valence-electron chi connectivity index (χ0n) is 9.41. The van der Waals surface area contributed by atoms with Gasteiger partial charge in [0.05, 0.1) is 6.04 Å². The molecule has 2 N–H and O–H groups in total. The normalized spacial score (nSPS) is 12.9. The summed E-state index contributed by atoms with van der Waals surface area (Å²) < 4.78 is 39.7. The molecule has 1 unspecified atom stereocenters. The third kappa shape index (κ3) is 4.21. The van der Waals surface area contributed by atoms with E-state index in [1.165, 1.54) is 18.2 Å². The van der Waals surface area contributed by atoms with Gasteiger partial charge in [0.2, 0.25) is 0 Å². The molecule has 0 amide bonds. The first-order chi connectivity index (χ1) is 8.33. The Hall–Kier alpha value is -1.82. The highest BCUT2D eigenvalue weighted by molar-refractivity contribution is 6.00. The number of Topliss-reactive ketones (excluding diaryl/α,β-unsaturated/α-hetero) is 1. The van der Waals surface area contributed by atoms with Gasteiger partial charge in [-0.05, 0) is 18.6 Å². The van der Waals surface area contributed by atoms with E-state index in [0.717, 1.165) is 12.1 Å². The quantitative estimate of drug-likeness (QED) is 0.653. The number of ether oxygens (including phenoxy) is 1. The fourth-order valence-corrected chi connectivity index (χ4v) is 1.35. The number of nitrogens with two attached hydrogens (primary N) is 1. The lowest BCUT2D eigenvalue weighted by atomic mass is 10.0. The minimum absolute atomic E-state index is 0.0751. The maximum atomic E-state index is 12.0. The van der Waals surface area contributed by atoms with E-state index >= 15 is 0 Å². The number of alkyl halides is 3. The highest BCUT2D eigenvalue weighted by Crippen LogP contribution is 2.23. The van der Waals surface area contributed by atoms with Gasteiger partial charge >= 0.3 is 6.36 Å². The van der Waals surface area contributed by atoms with Crippen LogP contribution in [0.15, 0.2) is 36.9 Å². The number of benzene rings is 1. The molecular weight excluding hydrogens is 247 g/mol. The van der Waals surface area contributed by atoms with Crippen LogP contribution in [0.25, 0.3) is 0 Å². The number of carbonyl (C=O) groups is 1. The number of carbonyl (C=O) groups excluding carboxylic acids is 1. The molecule has 1 aromatic rings. The molecule has 0 aliphatic heterocycles. The van der Waals surface area contributed by atoms with Gasteiger partial charge in [0.1, 0.15) is 5.75 Å². The molecule has 0 spiro atoms. The van der Waals surface area contributed by atoms with E-state index < -0.39 is 23.9 Å². The van der Waals surface area contributed by atoms with Crippen LogP contribution in [0, 0.1) is 0 Å². The van der Waals surface area contributed by atoms with Gasteiger partial charge in [0.25, 0.3) is 0 Å². The van der Waals surface area contributed by atoms with Crippen LogP contribution in [-0.2, 0) is 0 Å². The van der Waals surface area contributed by atoms with Gasteiger partial charge in [0, 0.05) is 5.56 Å². The second kappa shape index (κ2) is 5.68. The summed E-state index contributed by atoms with van der Waals surface area (Å²) in [7, 11) is 0. The average molecular weight is 259 g/mol. The van der Waals surface area contributed by atoms with E-state index in [4.69, 9.17) is 5.73 Å². The number of hydrogen-bond donors (Lipinski definition) is 1. The predicted octanol–water partition coefficient (Wildman–Crippen LogP) is 2.67. The summed E-state index contributed by atoms with van der Waals surface area (Å²) in [6.45, 7) is 3.44. The van der Waals surface area contributed by atoms with Crippen molar-refractivity contribution in [3.05, 3.63) is 42.5 Å². The van der Waals surface area contributed by atoms with Crippen LogP contribution >= 0.6 is 0 Å². The van der Waals surface area contributed by atoms with Crippen molar-refractivity contribution in [3.8, 4) is 5.75 Å². The second-order valence-corrected chi connectivity index (χ2v) is 3.57. The summed E-state index contributed by atoms with van der Waals surface area (Å²) in [6.07, 6.45) is -3.06. The Morgan fingerprint density at radius 2 is 2.17 bits per heavy atom. The molecule has 0 aliphatic rings. The SMILES string of the molecule is C=CCC(N)C(=O)c1cccc(OC(F)(F)F)c1. The van der Waals surface area contributed by atoms with E-state index in [0.29, 0.717) is 0 Å². The lowest BCUT2D eigenvalue weighted by Crippen LogP contribution is -2.29. The van der Waals surface area contributed by atoms with Crippen LogP contribution in [0.1, 0.15) is 16.8 Å². The molecule has 1 rings (SSSR count). The van der Waals surface area contributed by atoms with Gasteiger partial charge < -0.3 is 10.5 Å². The fourth-order valence-electron chi connectivity index (χ4n) is 1.35. The molecule has 0 saturated heterocycles. The molecular formula is C12H12F3NO2. The molecule has 0 aromatic heterocycles. The number of ketones is 1. The van der Waals surface area contributed by atoms with Crippen molar-refractivity contribution in [2.24, 2.45) is 5.73 Å². The largest absolute Gasteiger partial charge is 0.573 e. The van der Waals surface area contributed by atoms with Crippen molar-refractivity contribution in [2.45, 2.75) is 18.8 Å². The lowest BCUT2D eigenvalue weighted by molar-refractivity contribution is -0.274. The minimum Gasteiger partial charge on any atom is -0.406 e. The first-order valence-electron chi connectivity index (χ1n) is 5.10. The van der Waals surface area contributed by atoms with Crippen molar-refractivity contribution in [1.82, 2.24) is 0 Å². The van der Waals surface area contributed by atoms with E-state index in [9.17, 15) is 18.0 Å². The van der Waals surface area contributed by atoms with Gasteiger partial charge in [-0.3, -0.25) is 4.79 Å². The van der Waals surface area contributed by atoms with E-state index in [2.05, 4.69) is 11.3 Å². The smallest absolute Gasteiger partial charge is 0.406 e. The van der Waals surface area contributed by atoms with Crippen LogP contribution < -0.4 is 10.5 Å². The summed E-state index contributed by atoms with van der Waals surface area (Å²) >= 11 is 0.